The highest BCUT2D eigenvalue weighted by molar-refractivity contribution is 5.77. The van der Waals surface area contributed by atoms with Crippen molar-refractivity contribution in [3.63, 3.8) is 0 Å². The van der Waals surface area contributed by atoms with Crippen LogP contribution >= 0.6 is 0 Å². The standard InChI is InChI=1S/C9H15N3O3/c13-8-7(1-6-15-8)10-2-4-12-5-3-11-9(12)14/h7,10H,1-6H2,(H,11,14). The van der Waals surface area contributed by atoms with Gasteiger partial charge in [-0.1, -0.05) is 0 Å². The Morgan fingerprint density at radius 1 is 1.53 bits per heavy atom. The van der Waals surface area contributed by atoms with Gasteiger partial charge in [-0.15, -0.1) is 0 Å². The minimum absolute atomic E-state index is 0.0224. The van der Waals surface area contributed by atoms with Gasteiger partial charge in [0.1, 0.15) is 6.04 Å². The Hall–Kier alpha value is -1.30. The van der Waals surface area contributed by atoms with Crippen LogP contribution in [0, 0.1) is 0 Å². The summed E-state index contributed by atoms with van der Waals surface area (Å²) < 4.78 is 4.81. The second-order valence-electron chi connectivity index (χ2n) is 3.68. The molecule has 2 N–H and O–H groups in total. The number of esters is 1. The molecule has 2 heterocycles. The van der Waals surface area contributed by atoms with Gasteiger partial charge in [-0.05, 0) is 0 Å². The van der Waals surface area contributed by atoms with Crippen LogP contribution < -0.4 is 10.6 Å². The van der Waals surface area contributed by atoms with Crippen molar-refractivity contribution in [2.45, 2.75) is 12.5 Å². The van der Waals surface area contributed by atoms with Gasteiger partial charge >= 0.3 is 12.0 Å². The maximum Gasteiger partial charge on any atom is 0.323 e. The topological polar surface area (TPSA) is 70.7 Å². The number of urea groups is 1. The van der Waals surface area contributed by atoms with Gasteiger partial charge in [-0.3, -0.25) is 4.79 Å². The molecule has 0 spiro atoms. The number of carbonyl (C=O) groups is 2. The fourth-order valence-electron chi connectivity index (χ4n) is 1.78. The Morgan fingerprint density at radius 3 is 3.00 bits per heavy atom. The number of carbonyl (C=O) groups excluding carboxylic acids is 2. The van der Waals surface area contributed by atoms with Gasteiger partial charge in [-0.25, -0.2) is 4.79 Å². The average molecular weight is 213 g/mol. The van der Waals surface area contributed by atoms with Crippen molar-refractivity contribution in [3.8, 4) is 0 Å². The van der Waals surface area contributed by atoms with E-state index in [1.165, 1.54) is 0 Å². The van der Waals surface area contributed by atoms with E-state index in [2.05, 4.69) is 10.6 Å². The van der Waals surface area contributed by atoms with Crippen molar-refractivity contribution in [1.82, 2.24) is 15.5 Å². The maximum atomic E-state index is 11.2. The van der Waals surface area contributed by atoms with E-state index in [-0.39, 0.29) is 18.0 Å². The molecule has 84 valence electrons. The molecule has 1 atom stereocenters. The third-order valence-corrected chi connectivity index (χ3v) is 2.65. The molecule has 0 aromatic rings. The molecule has 6 heteroatoms. The number of hydrogen-bond donors (Lipinski definition) is 2. The first-order valence-corrected chi connectivity index (χ1v) is 5.20. The van der Waals surface area contributed by atoms with E-state index < -0.39 is 0 Å². The number of nitrogens with zero attached hydrogens (tertiary/aromatic N) is 1. The Labute approximate surface area is 87.9 Å². The lowest BCUT2D eigenvalue weighted by atomic mass is 10.2. The molecule has 0 aromatic heterocycles. The summed E-state index contributed by atoms with van der Waals surface area (Å²) in [7, 11) is 0. The Kier molecular flexibility index (Phi) is 3.05. The largest absolute Gasteiger partial charge is 0.464 e. The molecule has 0 aliphatic carbocycles. The lowest BCUT2D eigenvalue weighted by molar-refractivity contribution is -0.139. The smallest absolute Gasteiger partial charge is 0.323 e. The van der Waals surface area contributed by atoms with Crippen molar-refractivity contribution >= 4 is 12.0 Å². The minimum Gasteiger partial charge on any atom is -0.464 e. The maximum absolute atomic E-state index is 11.2. The van der Waals surface area contributed by atoms with Crippen LogP contribution in [-0.4, -0.2) is 55.7 Å². The number of cyclic esters (lactones) is 1. The van der Waals surface area contributed by atoms with Gasteiger partial charge in [-0.2, -0.15) is 0 Å². The molecule has 2 fully saturated rings. The van der Waals surface area contributed by atoms with E-state index in [1.54, 1.807) is 4.90 Å². The van der Waals surface area contributed by atoms with Crippen molar-refractivity contribution in [2.24, 2.45) is 0 Å². The molecular weight excluding hydrogens is 198 g/mol. The third kappa shape index (κ3) is 2.38. The molecule has 15 heavy (non-hydrogen) atoms. The number of amides is 2. The van der Waals surface area contributed by atoms with E-state index >= 15 is 0 Å². The lowest BCUT2D eigenvalue weighted by Gasteiger charge is -2.15. The summed E-state index contributed by atoms with van der Waals surface area (Å²) in [5, 5.41) is 5.81. The fraction of sp³-hybridized carbons (Fsp3) is 0.778. The fourth-order valence-corrected chi connectivity index (χ4v) is 1.78. The van der Waals surface area contributed by atoms with E-state index in [0.29, 0.717) is 26.2 Å². The third-order valence-electron chi connectivity index (χ3n) is 2.65. The molecule has 0 saturated carbocycles. The molecule has 1 unspecified atom stereocenters. The zero-order chi connectivity index (χ0) is 10.7. The van der Waals surface area contributed by atoms with Crippen LogP contribution in [0.1, 0.15) is 6.42 Å². The monoisotopic (exact) mass is 213 g/mol. The molecule has 2 saturated heterocycles. The lowest BCUT2D eigenvalue weighted by Crippen LogP contribution is -2.40. The van der Waals surface area contributed by atoms with Crippen LogP contribution in [0.3, 0.4) is 0 Å². The SMILES string of the molecule is O=C1OCCC1NCCN1CCNC1=O. The first-order valence-electron chi connectivity index (χ1n) is 5.20. The highest BCUT2D eigenvalue weighted by Gasteiger charge is 2.26. The van der Waals surface area contributed by atoms with Crippen molar-refractivity contribution in [1.29, 1.82) is 0 Å². The summed E-state index contributed by atoms with van der Waals surface area (Å²) in [5.41, 5.74) is 0. The summed E-state index contributed by atoms with van der Waals surface area (Å²) in [6.07, 6.45) is 0.727. The molecule has 6 nitrogen and oxygen atoms in total. The van der Waals surface area contributed by atoms with Crippen molar-refractivity contribution < 1.29 is 14.3 Å². The van der Waals surface area contributed by atoms with Crippen LogP contribution in [0.2, 0.25) is 0 Å². The second kappa shape index (κ2) is 4.48. The number of hydrogen-bond acceptors (Lipinski definition) is 4. The number of ether oxygens (including phenoxy) is 1. The van der Waals surface area contributed by atoms with Crippen LogP contribution in [0.4, 0.5) is 4.79 Å². The van der Waals surface area contributed by atoms with Gasteiger partial charge in [0.15, 0.2) is 0 Å². The predicted molar refractivity (Wildman–Crippen MR) is 52.3 cm³/mol. The second-order valence-corrected chi connectivity index (χ2v) is 3.68. The van der Waals surface area contributed by atoms with Gasteiger partial charge in [0.2, 0.25) is 0 Å². The number of nitrogens with one attached hydrogen (secondary N) is 2. The van der Waals surface area contributed by atoms with Crippen LogP contribution in [0.25, 0.3) is 0 Å². The average Bonchev–Trinajstić information content (AvgIpc) is 2.78. The van der Waals surface area contributed by atoms with Gasteiger partial charge in [0.05, 0.1) is 6.61 Å². The summed E-state index contributed by atoms with van der Waals surface area (Å²) in [6, 6.07) is -0.207. The molecule has 0 radical (unpaired) electrons. The van der Waals surface area contributed by atoms with Crippen molar-refractivity contribution in [2.75, 3.05) is 32.8 Å². The quantitative estimate of drug-likeness (QED) is 0.583. The molecule has 2 amide bonds. The normalized spacial score (nSPS) is 25.6. The zero-order valence-corrected chi connectivity index (χ0v) is 8.49. The van der Waals surface area contributed by atoms with Gasteiger partial charge in [0.25, 0.3) is 0 Å². The molecule has 0 aromatic carbocycles. The molecule has 2 aliphatic rings. The summed E-state index contributed by atoms with van der Waals surface area (Å²) in [5.74, 6) is -0.180. The first-order chi connectivity index (χ1) is 7.27. The highest BCUT2D eigenvalue weighted by atomic mass is 16.5. The molecule has 0 bridgehead atoms. The van der Waals surface area contributed by atoms with E-state index in [0.717, 1.165) is 13.0 Å². The Bertz CT molecular complexity index is 243. The minimum atomic E-state index is -0.185. The number of rotatable bonds is 4. The molecule has 2 rings (SSSR count). The predicted octanol–water partition coefficient (Wildman–Crippen LogP) is -1.08. The molecule has 2 aliphatic heterocycles. The van der Waals surface area contributed by atoms with Crippen LogP contribution in [0.15, 0.2) is 0 Å². The van der Waals surface area contributed by atoms with Gasteiger partial charge in [0, 0.05) is 32.6 Å². The zero-order valence-electron chi connectivity index (χ0n) is 8.49. The summed E-state index contributed by atoms with van der Waals surface area (Å²) in [6.45, 7) is 3.23. The van der Waals surface area contributed by atoms with E-state index in [9.17, 15) is 9.59 Å². The molecular formula is C9H15N3O3. The van der Waals surface area contributed by atoms with Crippen molar-refractivity contribution in [3.05, 3.63) is 0 Å². The summed E-state index contributed by atoms with van der Waals surface area (Å²) >= 11 is 0. The summed E-state index contributed by atoms with van der Waals surface area (Å²) in [4.78, 5) is 24.0. The van der Waals surface area contributed by atoms with Gasteiger partial charge < -0.3 is 20.3 Å². The highest BCUT2D eigenvalue weighted by Crippen LogP contribution is 2.05. The Morgan fingerprint density at radius 2 is 2.40 bits per heavy atom. The first kappa shape index (κ1) is 10.2. The van der Waals surface area contributed by atoms with E-state index in [4.69, 9.17) is 4.74 Å². The van der Waals surface area contributed by atoms with E-state index in [1.807, 2.05) is 0 Å². The van der Waals surface area contributed by atoms with Crippen LogP contribution in [-0.2, 0) is 9.53 Å². The van der Waals surface area contributed by atoms with Crippen LogP contribution in [0.5, 0.6) is 0 Å². The Balaban J connectivity index is 1.66.